The third-order valence-electron chi connectivity index (χ3n) is 6.44. The molecular formula is C32H42O2S. The number of aromatic hydroxyl groups is 1. The van der Waals surface area contributed by atoms with Gasteiger partial charge in [-0.25, -0.2) is 0 Å². The lowest BCUT2D eigenvalue weighted by atomic mass is 9.78. The highest BCUT2D eigenvalue weighted by Gasteiger charge is 2.29. The van der Waals surface area contributed by atoms with Crippen molar-refractivity contribution in [1.82, 2.24) is 0 Å². The maximum atomic E-state index is 11.3. The minimum atomic E-state index is -0.177. The fourth-order valence-electron chi connectivity index (χ4n) is 4.23. The van der Waals surface area contributed by atoms with Crippen LogP contribution in [0.1, 0.15) is 95.4 Å². The quantitative estimate of drug-likeness (QED) is 0.361. The van der Waals surface area contributed by atoms with Crippen LogP contribution in [0.4, 0.5) is 0 Å². The van der Waals surface area contributed by atoms with Crippen LogP contribution < -0.4 is 4.74 Å². The summed E-state index contributed by atoms with van der Waals surface area (Å²) in [6.45, 7) is 19.7. The van der Waals surface area contributed by atoms with Gasteiger partial charge >= 0.3 is 0 Å². The van der Waals surface area contributed by atoms with E-state index >= 15 is 0 Å². The second kappa shape index (κ2) is 9.93. The summed E-state index contributed by atoms with van der Waals surface area (Å²) in [5.41, 5.74) is 5.49. The first kappa shape index (κ1) is 27.2. The molecule has 0 radical (unpaired) electrons. The number of thioether (sulfide) groups is 1. The number of rotatable bonds is 5. The minimum absolute atomic E-state index is 0.0733. The van der Waals surface area contributed by atoms with Gasteiger partial charge in [0.25, 0.3) is 0 Å². The molecule has 0 bridgehead atoms. The number of phenols is 1. The molecule has 0 spiro atoms. The van der Waals surface area contributed by atoms with E-state index in [0.29, 0.717) is 5.75 Å². The SMILES string of the molecule is COc1ccc(C(Sc2ccc(C(C)(C)C)cc2)c2cc(C(C)(C)C)c(O)c(C(C)(C)C)c2)cc1. The Morgan fingerprint density at radius 1 is 0.657 bits per heavy atom. The molecule has 0 aliphatic carbocycles. The predicted molar refractivity (Wildman–Crippen MR) is 151 cm³/mol. The van der Waals surface area contributed by atoms with Crippen LogP contribution in [0.5, 0.6) is 11.5 Å². The molecule has 0 saturated carbocycles. The Hall–Kier alpha value is -2.39. The monoisotopic (exact) mass is 490 g/mol. The van der Waals surface area contributed by atoms with Gasteiger partial charge in [0.15, 0.2) is 0 Å². The molecule has 1 atom stereocenters. The summed E-state index contributed by atoms with van der Waals surface area (Å²) in [5.74, 6) is 1.27. The Kier molecular flexibility index (Phi) is 7.72. The number of hydrogen-bond donors (Lipinski definition) is 1. The average Bonchev–Trinajstić information content (AvgIpc) is 2.76. The summed E-state index contributed by atoms with van der Waals surface area (Å²) in [6, 6.07) is 21.7. The highest BCUT2D eigenvalue weighted by molar-refractivity contribution is 7.99. The summed E-state index contributed by atoms with van der Waals surface area (Å²) < 4.78 is 5.42. The van der Waals surface area contributed by atoms with Gasteiger partial charge in [-0.05, 0) is 68.3 Å². The molecule has 0 aliphatic rings. The molecule has 35 heavy (non-hydrogen) atoms. The standard InChI is InChI=1S/C32H42O2S/c1-30(2,3)23-13-17-25(18-14-23)35-29(21-11-15-24(34-10)16-12-21)22-19-26(31(4,5)6)28(33)27(20-22)32(7,8)9/h11-20,29,33H,1-10H3. The highest BCUT2D eigenvalue weighted by Crippen LogP contribution is 2.47. The molecule has 188 valence electrons. The van der Waals surface area contributed by atoms with Gasteiger partial charge in [-0.2, -0.15) is 0 Å². The van der Waals surface area contributed by atoms with Gasteiger partial charge in [-0.3, -0.25) is 0 Å². The van der Waals surface area contributed by atoms with Gasteiger partial charge in [-0.1, -0.05) is 98.7 Å². The lowest BCUT2D eigenvalue weighted by Gasteiger charge is -2.30. The van der Waals surface area contributed by atoms with Gasteiger partial charge in [-0.15, -0.1) is 11.8 Å². The number of hydrogen-bond acceptors (Lipinski definition) is 3. The van der Waals surface area contributed by atoms with Crippen molar-refractivity contribution in [2.75, 3.05) is 7.11 Å². The normalized spacial score (nSPS) is 13.5. The molecule has 0 aliphatic heterocycles. The smallest absolute Gasteiger partial charge is 0.123 e. The van der Waals surface area contributed by atoms with Crippen molar-refractivity contribution in [3.05, 3.63) is 88.5 Å². The van der Waals surface area contributed by atoms with Gasteiger partial charge in [0.2, 0.25) is 0 Å². The van der Waals surface area contributed by atoms with E-state index in [1.54, 1.807) is 7.11 Å². The Balaban J connectivity index is 2.18. The third kappa shape index (κ3) is 6.44. The Bertz CT molecular complexity index is 1100. The first-order chi connectivity index (χ1) is 16.1. The van der Waals surface area contributed by atoms with Crippen LogP contribution in [-0.4, -0.2) is 12.2 Å². The lowest BCUT2D eigenvalue weighted by Crippen LogP contribution is -2.18. The Morgan fingerprint density at radius 2 is 1.14 bits per heavy atom. The molecule has 1 N–H and O–H groups in total. The van der Waals surface area contributed by atoms with E-state index in [4.69, 9.17) is 4.74 Å². The van der Waals surface area contributed by atoms with E-state index in [1.165, 1.54) is 21.6 Å². The van der Waals surface area contributed by atoms with Crippen LogP contribution in [0.2, 0.25) is 0 Å². The second-order valence-corrected chi connectivity index (χ2v) is 13.7. The average molecular weight is 491 g/mol. The molecule has 0 fully saturated rings. The summed E-state index contributed by atoms with van der Waals surface area (Å²) >= 11 is 1.85. The van der Waals surface area contributed by atoms with Crippen LogP contribution in [0.3, 0.4) is 0 Å². The van der Waals surface area contributed by atoms with E-state index in [-0.39, 0.29) is 21.5 Å². The van der Waals surface area contributed by atoms with Gasteiger partial charge < -0.3 is 9.84 Å². The predicted octanol–water partition coefficient (Wildman–Crippen LogP) is 9.18. The summed E-state index contributed by atoms with van der Waals surface area (Å²) in [4.78, 5) is 1.22. The van der Waals surface area contributed by atoms with Crippen molar-refractivity contribution in [1.29, 1.82) is 0 Å². The number of phenolic OH excluding ortho intramolecular Hbond substituents is 1. The zero-order chi connectivity index (χ0) is 26.2. The van der Waals surface area contributed by atoms with Crippen molar-refractivity contribution >= 4 is 11.8 Å². The second-order valence-electron chi connectivity index (χ2n) is 12.5. The third-order valence-corrected chi connectivity index (χ3v) is 7.77. The van der Waals surface area contributed by atoms with Crippen molar-refractivity contribution in [3.8, 4) is 11.5 Å². The highest BCUT2D eigenvalue weighted by atomic mass is 32.2. The van der Waals surface area contributed by atoms with E-state index in [1.807, 2.05) is 23.9 Å². The van der Waals surface area contributed by atoms with Crippen LogP contribution in [0, 0.1) is 0 Å². The minimum Gasteiger partial charge on any atom is -0.507 e. The molecule has 0 heterocycles. The van der Waals surface area contributed by atoms with Crippen molar-refractivity contribution in [3.63, 3.8) is 0 Å². The summed E-state index contributed by atoms with van der Waals surface area (Å²) in [5, 5.41) is 11.4. The summed E-state index contributed by atoms with van der Waals surface area (Å²) in [7, 11) is 1.70. The summed E-state index contributed by atoms with van der Waals surface area (Å²) in [6.07, 6.45) is 0. The van der Waals surface area contributed by atoms with Crippen molar-refractivity contribution in [2.45, 2.75) is 88.7 Å². The first-order valence-corrected chi connectivity index (χ1v) is 13.3. The van der Waals surface area contributed by atoms with Crippen LogP contribution in [0.25, 0.3) is 0 Å². The van der Waals surface area contributed by atoms with E-state index in [9.17, 15) is 5.11 Å². The molecule has 0 amide bonds. The Labute approximate surface area is 217 Å². The fourth-order valence-corrected chi connectivity index (χ4v) is 5.36. The zero-order valence-corrected chi connectivity index (χ0v) is 23.9. The van der Waals surface area contributed by atoms with Gasteiger partial charge in [0, 0.05) is 4.90 Å². The van der Waals surface area contributed by atoms with Crippen LogP contribution >= 0.6 is 11.8 Å². The molecule has 3 aromatic rings. The fraction of sp³-hybridized carbons (Fsp3) is 0.438. The van der Waals surface area contributed by atoms with E-state index < -0.39 is 0 Å². The molecule has 3 heteroatoms. The molecule has 0 saturated heterocycles. The first-order valence-electron chi connectivity index (χ1n) is 12.4. The van der Waals surface area contributed by atoms with Gasteiger partial charge in [0.1, 0.15) is 11.5 Å². The molecule has 1 unspecified atom stereocenters. The van der Waals surface area contributed by atoms with Crippen LogP contribution in [0.15, 0.2) is 65.6 Å². The number of benzene rings is 3. The molecule has 3 aromatic carbocycles. The topological polar surface area (TPSA) is 29.5 Å². The number of ether oxygens (including phenoxy) is 1. The molecule has 0 aromatic heterocycles. The van der Waals surface area contributed by atoms with E-state index in [0.717, 1.165) is 16.9 Å². The van der Waals surface area contributed by atoms with Crippen molar-refractivity contribution in [2.24, 2.45) is 0 Å². The van der Waals surface area contributed by atoms with Gasteiger partial charge in [0.05, 0.1) is 12.4 Å². The van der Waals surface area contributed by atoms with E-state index in [2.05, 4.69) is 111 Å². The molecule has 3 rings (SSSR count). The maximum Gasteiger partial charge on any atom is 0.123 e. The number of methoxy groups -OCH3 is 1. The van der Waals surface area contributed by atoms with Crippen molar-refractivity contribution < 1.29 is 9.84 Å². The van der Waals surface area contributed by atoms with Crippen LogP contribution in [-0.2, 0) is 16.2 Å². The lowest BCUT2D eigenvalue weighted by molar-refractivity contribution is 0.414. The Morgan fingerprint density at radius 3 is 1.54 bits per heavy atom. The molecular weight excluding hydrogens is 448 g/mol. The maximum absolute atomic E-state index is 11.3. The largest absolute Gasteiger partial charge is 0.507 e. The molecule has 2 nitrogen and oxygen atoms in total. The zero-order valence-electron chi connectivity index (χ0n) is 23.1.